The van der Waals surface area contributed by atoms with Gasteiger partial charge in [-0.25, -0.2) is 0 Å². The first-order valence-corrected chi connectivity index (χ1v) is 7.53. The Labute approximate surface area is 120 Å². The zero-order chi connectivity index (χ0) is 14.0. The molecule has 3 rings (SSSR count). The first-order chi connectivity index (χ1) is 9.69. The van der Waals surface area contributed by atoms with Crippen LogP contribution in [-0.2, 0) is 4.79 Å². The molecule has 4 nitrogen and oxygen atoms in total. The Hall–Kier alpha value is -1.55. The lowest BCUT2D eigenvalue weighted by molar-refractivity contribution is -0.137. The molecule has 4 heteroatoms. The van der Waals surface area contributed by atoms with Gasteiger partial charge in [-0.05, 0) is 38.4 Å². The number of anilines is 1. The minimum absolute atomic E-state index is 0.280. The largest absolute Gasteiger partial charge is 0.368 e. The zero-order valence-corrected chi connectivity index (χ0v) is 12.1. The van der Waals surface area contributed by atoms with E-state index in [2.05, 4.69) is 34.5 Å². The van der Waals surface area contributed by atoms with Crippen molar-refractivity contribution in [3.63, 3.8) is 0 Å². The van der Waals surface area contributed by atoms with Crippen molar-refractivity contribution in [3.05, 3.63) is 30.3 Å². The highest BCUT2D eigenvalue weighted by atomic mass is 16.2. The van der Waals surface area contributed by atoms with E-state index in [-0.39, 0.29) is 11.4 Å². The first-order valence-electron chi connectivity index (χ1n) is 7.53. The van der Waals surface area contributed by atoms with Crippen molar-refractivity contribution < 1.29 is 4.79 Å². The van der Waals surface area contributed by atoms with Crippen LogP contribution in [0.4, 0.5) is 5.69 Å². The molecule has 2 saturated heterocycles. The smallest absolute Gasteiger partial charge is 0.242 e. The van der Waals surface area contributed by atoms with E-state index < -0.39 is 0 Å². The normalized spacial score (nSPS) is 26.9. The number of rotatable bonds is 2. The van der Waals surface area contributed by atoms with E-state index in [9.17, 15) is 4.79 Å². The van der Waals surface area contributed by atoms with Gasteiger partial charge in [0.1, 0.15) is 0 Å². The van der Waals surface area contributed by atoms with Crippen molar-refractivity contribution >= 4 is 11.6 Å². The van der Waals surface area contributed by atoms with Crippen LogP contribution in [0.15, 0.2) is 30.3 Å². The second-order valence-electron chi connectivity index (χ2n) is 5.98. The second-order valence-corrected chi connectivity index (χ2v) is 5.98. The fraction of sp³-hybridized carbons (Fsp3) is 0.562. The summed E-state index contributed by atoms with van der Waals surface area (Å²) < 4.78 is 0. The number of carbonyl (C=O) groups excluding carboxylic acids is 1. The van der Waals surface area contributed by atoms with E-state index >= 15 is 0 Å². The highest BCUT2D eigenvalue weighted by molar-refractivity contribution is 5.86. The monoisotopic (exact) mass is 273 g/mol. The lowest BCUT2D eigenvalue weighted by atomic mass is 9.98. The van der Waals surface area contributed by atoms with E-state index in [0.29, 0.717) is 0 Å². The summed E-state index contributed by atoms with van der Waals surface area (Å²) in [6, 6.07) is 10.4. The molecule has 0 saturated carbocycles. The molecule has 2 aliphatic heterocycles. The first kappa shape index (κ1) is 13.4. The summed E-state index contributed by atoms with van der Waals surface area (Å²) in [7, 11) is 0. The van der Waals surface area contributed by atoms with Crippen molar-refractivity contribution in [2.45, 2.75) is 25.3 Å². The summed E-state index contributed by atoms with van der Waals surface area (Å²) in [6.07, 6.45) is 2.07. The van der Waals surface area contributed by atoms with Crippen molar-refractivity contribution in [1.82, 2.24) is 10.2 Å². The van der Waals surface area contributed by atoms with Gasteiger partial charge >= 0.3 is 0 Å². The Morgan fingerprint density at radius 1 is 1.15 bits per heavy atom. The number of para-hydroxylation sites is 1. The average molecular weight is 273 g/mol. The molecule has 1 unspecified atom stereocenters. The fourth-order valence-electron chi connectivity index (χ4n) is 3.23. The van der Waals surface area contributed by atoms with Crippen LogP contribution in [-0.4, -0.2) is 49.1 Å². The van der Waals surface area contributed by atoms with Crippen LogP contribution in [0.25, 0.3) is 0 Å². The highest BCUT2D eigenvalue weighted by Crippen LogP contribution is 2.23. The third-order valence-corrected chi connectivity index (χ3v) is 4.53. The molecule has 1 atom stereocenters. The van der Waals surface area contributed by atoms with Gasteiger partial charge in [0.25, 0.3) is 0 Å². The summed E-state index contributed by atoms with van der Waals surface area (Å²) in [5.41, 5.74) is 0.930. The van der Waals surface area contributed by atoms with Crippen LogP contribution < -0.4 is 10.2 Å². The highest BCUT2D eigenvalue weighted by Gasteiger charge is 2.39. The minimum atomic E-state index is -0.324. The Kier molecular flexibility index (Phi) is 3.66. The Morgan fingerprint density at radius 3 is 2.45 bits per heavy atom. The number of carbonyl (C=O) groups is 1. The van der Waals surface area contributed by atoms with Gasteiger partial charge in [-0.1, -0.05) is 18.2 Å². The van der Waals surface area contributed by atoms with Crippen molar-refractivity contribution in [1.29, 1.82) is 0 Å². The van der Waals surface area contributed by atoms with E-state index in [1.54, 1.807) is 0 Å². The van der Waals surface area contributed by atoms with Gasteiger partial charge in [-0.15, -0.1) is 0 Å². The lowest BCUT2D eigenvalue weighted by Gasteiger charge is -2.39. The summed E-state index contributed by atoms with van der Waals surface area (Å²) in [5, 5.41) is 3.37. The maximum absolute atomic E-state index is 12.6. The Balaban J connectivity index is 1.60. The molecule has 0 spiro atoms. The molecule has 2 fully saturated rings. The van der Waals surface area contributed by atoms with E-state index in [0.717, 1.165) is 45.6 Å². The number of benzene rings is 1. The molecule has 1 N–H and O–H groups in total. The van der Waals surface area contributed by atoms with E-state index in [1.165, 1.54) is 5.69 Å². The second kappa shape index (κ2) is 5.44. The van der Waals surface area contributed by atoms with Crippen LogP contribution in [0.3, 0.4) is 0 Å². The molecule has 1 aromatic rings. The third-order valence-electron chi connectivity index (χ3n) is 4.53. The van der Waals surface area contributed by atoms with Gasteiger partial charge in [0.15, 0.2) is 0 Å². The van der Waals surface area contributed by atoms with Crippen LogP contribution in [0.2, 0.25) is 0 Å². The number of piperazine rings is 1. The number of hydrogen-bond donors (Lipinski definition) is 1. The van der Waals surface area contributed by atoms with Crippen LogP contribution >= 0.6 is 0 Å². The van der Waals surface area contributed by atoms with Gasteiger partial charge in [-0.3, -0.25) is 4.79 Å². The molecule has 0 radical (unpaired) electrons. The molecular formula is C16H23N3O. The topological polar surface area (TPSA) is 35.6 Å². The van der Waals surface area contributed by atoms with Crippen LogP contribution in [0.1, 0.15) is 19.8 Å². The molecular weight excluding hydrogens is 250 g/mol. The summed E-state index contributed by atoms with van der Waals surface area (Å²) in [6.45, 7) is 6.51. The fourth-order valence-corrected chi connectivity index (χ4v) is 3.23. The molecule has 1 aromatic carbocycles. The van der Waals surface area contributed by atoms with E-state index in [1.807, 2.05) is 17.9 Å². The van der Waals surface area contributed by atoms with Crippen molar-refractivity contribution in [2.75, 3.05) is 37.6 Å². The molecule has 2 heterocycles. The van der Waals surface area contributed by atoms with Gasteiger partial charge < -0.3 is 15.1 Å². The SMILES string of the molecule is CC1(C(=O)N2CCN(c3ccccc3)CC2)CCCN1. The summed E-state index contributed by atoms with van der Waals surface area (Å²) in [5.74, 6) is 0.280. The van der Waals surface area contributed by atoms with Gasteiger partial charge in [0, 0.05) is 31.9 Å². The molecule has 0 bridgehead atoms. The van der Waals surface area contributed by atoms with Crippen LogP contribution in [0.5, 0.6) is 0 Å². The average Bonchev–Trinajstić information content (AvgIpc) is 2.96. The maximum atomic E-state index is 12.6. The summed E-state index contributed by atoms with van der Waals surface area (Å²) in [4.78, 5) is 17.0. The molecule has 108 valence electrons. The molecule has 0 aliphatic carbocycles. The van der Waals surface area contributed by atoms with Crippen molar-refractivity contribution in [2.24, 2.45) is 0 Å². The standard InChI is InChI=1S/C16H23N3O/c1-16(8-5-9-17-16)15(20)19-12-10-18(11-13-19)14-6-3-2-4-7-14/h2-4,6-7,17H,5,8-13H2,1H3. The molecule has 0 aromatic heterocycles. The van der Waals surface area contributed by atoms with E-state index in [4.69, 9.17) is 0 Å². The third kappa shape index (κ3) is 2.52. The number of hydrogen-bond acceptors (Lipinski definition) is 3. The maximum Gasteiger partial charge on any atom is 0.242 e. The van der Waals surface area contributed by atoms with Crippen LogP contribution in [0, 0.1) is 0 Å². The molecule has 2 aliphatic rings. The summed E-state index contributed by atoms with van der Waals surface area (Å²) >= 11 is 0. The van der Waals surface area contributed by atoms with Gasteiger partial charge in [0.2, 0.25) is 5.91 Å². The molecule has 1 amide bonds. The minimum Gasteiger partial charge on any atom is -0.368 e. The molecule has 20 heavy (non-hydrogen) atoms. The van der Waals surface area contributed by atoms with Crippen molar-refractivity contribution in [3.8, 4) is 0 Å². The Bertz CT molecular complexity index is 460. The van der Waals surface area contributed by atoms with Gasteiger partial charge in [0.05, 0.1) is 5.54 Å². The predicted octanol–water partition coefficient (Wildman–Crippen LogP) is 1.48. The number of nitrogens with zero attached hydrogens (tertiary/aromatic N) is 2. The predicted molar refractivity (Wildman–Crippen MR) is 80.9 cm³/mol. The Morgan fingerprint density at radius 2 is 1.85 bits per heavy atom. The number of nitrogens with one attached hydrogen (secondary N) is 1. The number of amides is 1. The zero-order valence-electron chi connectivity index (χ0n) is 12.1. The lowest BCUT2D eigenvalue weighted by Crippen LogP contribution is -2.58. The van der Waals surface area contributed by atoms with Gasteiger partial charge in [-0.2, -0.15) is 0 Å². The quantitative estimate of drug-likeness (QED) is 0.886.